The first-order valence-electron chi connectivity index (χ1n) is 5.16. The summed E-state index contributed by atoms with van der Waals surface area (Å²) in [6.45, 7) is 3.97. The lowest BCUT2D eigenvalue weighted by Crippen LogP contribution is -2.10. The summed E-state index contributed by atoms with van der Waals surface area (Å²) in [6.07, 6.45) is 1.82. The summed E-state index contributed by atoms with van der Waals surface area (Å²) in [7, 11) is 2.02. The first kappa shape index (κ1) is 11.2. The fourth-order valence-corrected chi connectivity index (χ4v) is 1.71. The van der Waals surface area contributed by atoms with Crippen LogP contribution < -0.4 is 10.2 Å². The highest BCUT2D eigenvalue weighted by Crippen LogP contribution is 2.23. The molecule has 2 rings (SSSR count). The highest BCUT2D eigenvalue weighted by atomic mass is 35.5. The van der Waals surface area contributed by atoms with Crippen LogP contribution in [-0.4, -0.2) is 23.9 Å². The molecule has 0 aliphatic rings. The van der Waals surface area contributed by atoms with Crippen LogP contribution in [0.4, 0.5) is 0 Å². The standard InChI is InChI=1S/C11H12BClN2O/c1-6(2)16-9-4-8(12)3-7-5-14-11(13)15-10(7)9/h3-6H,12H2,1-2H3. The Hall–Kier alpha value is -1.29. The van der Waals surface area contributed by atoms with Crippen molar-refractivity contribution in [1.29, 1.82) is 0 Å². The summed E-state index contributed by atoms with van der Waals surface area (Å²) >= 11 is 5.79. The van der Waals surface area contributed by atoms with Gasteiger partial charge in [-0.2, -0.15) is 0 Å². The molecule has 0 bridgehead atoms. The summed E-state index contributed by atoms with van der Waals surface area (Å²) in [5, 5.41) is 1.19. The van der Waals surface area contributed by atoms with Crippen LogP contribution in [0.1, 0.15) is 13.8 Å². The van der Waals surface area contributed by atoms with Gasteiger partial charge in [-0.15, -0.1) is 0 Å². The van der Waals surface area contributed by atoms with Crippen LogP contribution >= 0.6 is 11.6 Å². The molecule has 0 N–H and O–H groups in total. The molecule has 0 aliphatic heterocycles. The topological polar surface area (TPSA) is 35.0 Å². The molecule has 0 spiro atoms. The molecule has 1 aromatic carbocycles. The summed E-state index contributed by atoms with van der Waals surface area (Å²) < 4.78 is 5.71. The van der Waals surface area contributed by atoms with Gasteiger partial charge in [0, 0.05) is 11.6 Å². The van der Waals surface area contributed by atoms with Crippen LogP contribution in [0.15, 0.2) is 18.3 Å². The van der Waals surface area contributed by atoms with Gasteiger partial charge in [-0.25, -0.2) is 9.97 Å². The van der Waals surface area contributed by atoms with Crippen LogP contribution in [0.25, 0.3) is 10.9 Å². The van der Waals surface area contributed by atoms with Crippen molar-refractivity contribution in [3.63, 3.8) is 0 Å². The minimum absolute atomic E-state index is 0.110. The first-order valence-corrected chi connectivity index (χ1v) is 5.53. The maximum atomic E-state index is 5.79. The third kappa shape index (κ3) is 2.27. The van der Waals surface area contributed by atoms with Crippen molar-refractivity contribution in [1.82, 2.24) is 9.97 Å². The molecule has 0 unspecified atom stereocenters. The summed E-state index contributed by atoms with van der Waals surface area (Å²) in [4.78, 5) is 8.17. The number of aromatic nitrogens is 2. The van der Waals surface area contributed by atoms with Gasteiger partial charge in [0.15, 0.2) is 0 Å². The minimum atomic E-state index is 0.110. The van der Waals surface area contributed by atoms with Gasteiger partial charge in [0.05, 0.1) is 6.10 Å². The van der Waals surface area contributed by atoms with Crippen molar-refractivity contribution >= 4 is 35.8 Å². The van der Waals surface area contributed by atoms with E-state index in [0.29, 0.717) is 0 Å². The number of halogens is 1. The van der Waals surface area contributed by atoms with Crippen molar-refractivity contribution in [3.05, 3.63) is 23.6 Å². The van der Waals surface area contributed by atoms with Gasteiger partial charge in [-0.05, 0) is 31.5 Å². The molecule has 5 heteroatoms. The lowest BCUT2D eigenvalue weighted by molar-refractivity contribution is 0.245. The van der Waals surface area contributed by atoms with E-state index in [1.807, 2.05) is 33.8 Å². The molecule has 0 atom stereocenters. The average molecular weight is 234 g/mol. The van der Waals surface area contributed by atoms with Gasteiger partial charge >= 0.3 is 0 Å². The van der Waals surface area contributed by atoms with E-state index in [2.05, 4.69) is 9.97 Å². The van der Waals surface area contributed by atoms with E-state index in [1.165, 1.54) is 0 Å². The normalized spacial score (nSPS) is 11.0. The summed E-state index contributed by atoms with van der Waals surface area (Å²) in [5.74, 6) is 0.759. The van der Waals surface area contributed by atoms with Gasteiger partial charge in [-0.3, -0.25) is 0 Å². The van der Waals surface area contributed by atoms with Crippen molar-refractivity contribution in [3.8, 4) is 5.75 Å². The number of hydrogen-bond donors (Lipinski definition) is 0. The number of rotatable bonds is 2. The third-order valence-electron chi connectivity index (χ3n) is 2.13. The molecule has 1 aromatic heterocycles. The predicted molar refractivity (Wildman–Crippen MR) is 68.5 cm³/mol. The number of nitrogens with zero attached hydrogens (tertiary/aromatic N) is 2. The zero-order chi connectivity index (χ0) is 11.7. The van der Waals surface area contributed by atoms with Crippen LogP contribution in [0.5, 0.6) is 5.75 Å². The number of hydrogen-bond acceptors (Lipinski definition) is 3. The molecule has 0 saturated carbocycles. The van der Waals surface area contributed by atoms with E-state index >= 15 is 0 Å². The third-order valence-corrected chi connectivity index (χ3v) is 2.31. The fraction of sp³-hybridized carbons (Fsp3) is 0.273. The predicted octanol–water partition coefficient (Wildman–Crippen LogP) is 1.33. The zero-order valence-electron chi connectivity index (χ0n) is 9.49. The van der Waals surface area contributed by atoms with Crippen LogP contribution in [-0.2, 0) is 0 Å². The van der Waals surface area contributed by atoms with Crippen molar-refractivity contribution in [2.24, 2.45) is 0 Å². The number of ether oxygens (including phenoxy) is 1. The van der Waals surface area contributed by atoms with Crippen molar-refractivity contribution in [2.75, 3.05) is 0 Å². The highest BCUT2D eigenvalue weighted by molar-refractivity contribution is 6.33. The Bertz CT molecular complexity index is 531. The molecule has 0 fully saturated rings. The van der Waals surface area contributed by atoms with Gasteiger partial charge in [0.25, 0.3) is 0 Å². The van der Waals surface area contributed by atoms with E-state index in [-0.39, 0.29) is 11.4 Å². The Kier molecular flexibility index (Phi) is 3.01. The van der Waals surface area contributed by atoms with E-state index in [0.717, 1.165) is 22.1 Å². The fourth-order valence-electron chi connectivity index (χ4n) is 1.58. The van der Waals surface area contributed by atoms with E-state index in [1.54, 1.807) is 6.20 Å². The molecule has 0 amide bonds. The quantitative estimate of drug-likeness (QED) is 0.581. The second kappa shape index (κ2) is 4.30. The second-order valence-corrected chi connectivity index (χ2v) is 4.34. The highest BCUT2D eigenvalue weighted by Gasteiger charge is 2.08. The minimum Gasteiger partial charge on any atom is -0.489 e. The molecule has 82 valence electrons. The molecule has 0 radical (unpaired) electrons. The summed E-state index contributed by atoms with van der Waals surface area (Å²) in [5.41, 5.74) is 1.88. The smallest absolute Gasteiger partial charge is 0.223 e. The monoisotopic (exact) mass is 234 g/mol. The lowest BCUT2D eigenvalue weighted by Gasteiger charge is -2.12. The molecular formula is C11H12BClN2O. The van der Waals surface area contributed by atoms with Gasteiger partial charge in [0.2, 0.25) is 5.28 Å². The van der Waals surface area contributed by atoms with Crippen LogP contribution in [0.2, 0.25) is 5.28 Å². The zero-order valence-corrected chi connectivity index (χ0v) is 10.2. The Morgan fingerprint density at radius 3 is 2.81 bits per heavy atom. The van der Waals surface area contributed by atoms with Crippen molar-refractivity contribution < 1.29 is 4.74 Å². The maximum absolute atomic E-state index is 5.79. The Balaban J connectivity index is 2.64. The van der Waals surface area contributed by atoms with E-state index in [4.69, 9.17) is 16.3 Å². The molecule has 0 aliphatic carbocycles. The molecular weight excluding hydrogens is 222 g/mol. The van der Waals surface area contributed by atoms with Crippen LogP contribution in [0.3, 0.4) is 0 Å². The second-order valence-electron chi connectivity index (χ2n) is 4.01. The number of benzene rings is 1. The Morgan fingerprint density at radius 2 is 2.12 bits per heavy atom. The van der Waals surface area contributed by atoms with Crippen LogP contribution in [0, 0.1) is 0 Å². The van der Waals surface area contributed by atoms with Gasteiger partial charge < -0.3 is 4.74 Å². The van der Waals surface area contributed by atoms with E-state index in [9.17, 15) is 0 Å². The van der Waals surface area contributed by atoms with E-state index < -0.39 is 0 Å². The molecule has 3 nitrogen and oxygen atoms in total. The SMILES string of the molecule is Bc1cc(OC(C)C)c2nc(Cl)ncc2c1. The largest absolute Gasteiger partial charge is 0.489 e. The van der Waals surface area contributed by atoms with Crippen molar-refractivity contribution in [2.45, 2.75) is 20.0 Å². The molecule has 2 aromatic rings. The maximum Gasteiger partial charge on any atom is 0.223 e. The molecule has 1 heterocycles. The first-order chi connectivity index (χ1) is 7.56. The lowest BCUT2D eigenvalue weighted by atomic mass is 9.94. The average Bonchev–Trinajstić information content (AvgIpc) is 2.18. The molecule has 0 saturated heterocycles. The Labute approximate surface area is 100 Å². The molecule has 16 heavy (non-hydrogen) atoms. The Morgan fingerprint density at radius 1 is 1.38 bits per heavy atom. The van der Waals surface area contributed by atoms with Gasteiger partial charge in [0.1, 0.15) is 19.1 Å². The van der Waals surface area contributed by atoms with Gasteiger partial charge in [-0.1, -0.05) is 11.5 Å². The summed E-state index contributed by atoms with van der Waals surface area (Å²) in [6, 6.07) is 3.98. The number of fused-ring (bicyclic) bond motifs is 1.